The average Bonchev–Trinajstić information content (AvgIpc) is 2.59. The van der Waals surface area contributed by atoms with Gasteiger partial charge in [0.25, 0.3) is 0 Å². The Morgan fingerprint density at radius 1 is 1.15 bits per heavy atom. The number of halogens is 2. The van der Waals surface area contributed by atoms with E-state index in [-0.39, 0.29) is 42.0 Å². The molecule has 140 valence electrons. The van der Waals surface area contributed by atoms with Gasteiger partial charge in [0.05, 0.1) is 4.90 Å². The van der Waals surface area contributed by atoms with Crippen LogP contribution in [0.25, 0.3) is 0 Å². The third kappa shape index (κ3) is 6.09. The Bertz CT molecular complexity index is 857. The second kappa shape index (κ2) is 9.12. The van der Waals surface area contributed by atoms with Crippen molar-refractivity contribution in [1.29, 1.82) is 0 Å². The maximum Gasteiger partial charge on any atom is 0.240 e. The molecule has 2 N–H and O–H groups in total. The fourth-order valence-electron chi connectivity index (χ4n) is 2.36. The van der Waals surface area contributed by atoms with Crippen LogP contribution in [0.5, 0.6) is 0 Å². The fourth-order valence-corrected chi connectivity index (χ4v) is 3.70. The van der Waals surface area contributed by atoms with Crippen LogP contribution in [-0.4, -0.2) is 27.4 Å². The highest BCUT2D eigenvalue weighted by Crippen LogP contribution is 2.19. The van der Waals surface area contributed by atoms with Gasteiger partial charge in [0, 0.05) is 24.5 Å². The number of rotatable bonds is 8. The molecule has 0 aromatic heterocycles. The van der Waals surface area contributed by atoms with Crippen LogP contribution in [0.4, 0.5) is 4.39 Å². The number of hydrogen-bond donors (Lipinski definition) is 2. The lowest BCUT2D eigenvalue weighted by atomic mass is 9.97. The summed E-state index contributed by atoms with van der Waals surface area (Å²) in [5.41, 5.74) is 0.864. The van der Waals surface area contributed by atoms with Crippen molar-refractivity contribution in [2.75, 3.05) is 13.1 Å². The first kappa shape index (κ1) is 20.4. The molecule has 2 aromatic rings. The van der Waals surface area contributed by atoms with Gasteiger partial charge < -0.3 is 5.32 Å². The van der Waals surface area contributed by atoms with Crippen LogP contribution < -0.4 is 10.0 Å². The first-order valence-corrected chi connectivity index (χ1v) is 9.91. The smallest absolute Gasteiger partial charge is 0.240 e. The molecule has 0 saturated heterocycles. The molecule has 1 unspecified atom stereocenters. The summed E-state index contributed by atoms with van der Waals surface area (Å²) in [6, 6.07) is 11.9. The first-order valence-electron chi connectivity index (χ1n) is 8.05. The zero-order chi connectivity index (χ0) is 19.2. The molecule has 0 aliphatic carbocycles. The van der Waals surface area contributed by atoms with Crippen molar-refractivity contribution in [3.8, 4) is 0 Å². The van der Waals surface area contributed by atoms with E-state index in [1.165, 1.54) is 24.3 Å². The molecule has 2 aromatic carbocycles. The number of nitrogens with one attached hydrogen (secondary N) is 2. The minimum atomic E-state index is -3.67. The number of carbonyl (C=O) groups excluding carboxylic acids is 1. The Kier molecular flexibility index (Phi) is 7.14. The van der Waals surface area contributed by atoms with Crippen molar-refractivity contribution in [3.05, 3.63) is 64.9 Å². The summed E-state index contributed by atoms with van der Waals surface area (Å²) in [6.45, 7) is 2.09. The Labute approximate surface area is 157 Å². The first-order chi connectivity index (χ1) is 12.3. The number of amides is 1. The van der Waals surface area contributed by atoms with E-state index in [2.05, 4.69) is 10.0 Å². The summed E-state index contributed by atoms with van der Waals surface area (Å²) in [5.74, 6) is -0.597. The number of benzene rings is 2. The highest BCUT2D eigenvalue weighted by molar-refractivity contribution is 7.89. The molecule has 8 heteroatoms. The van der Waals surface area contributed by atoms with E-state index in [0.717, 1.165) is 5.56 Å². The normalized spacial score (nSPS) is 12.6. The van der Waals surface area contributed by atoms with Crippen LogP contribution in [0.3, 0.4) is 0 Å². The van der Waals surface area contributed by atoms with Crippen molar-refractivity contribution in [3.63, 3.8) is 0 Å². The van der Waals surface area contributed by atoms with Crippen LogP contribution >= 0.6 is 11.6 Å². The van der Waals surface area contributed by atoms with Gasteiger partial charge in [0.2, 0.25) is 15.9 Å². The molecule has 0 saturated carbocycles. The predicted molar refractivity (Wildman–Crippen MR) is 99.1 cm³/mol. The molecule has 26 heavy (non-hydrogen) atoms. The van der Waals surface area contributed by atoms with Gasteiger partial charge >= 0.3 is 0 Å². The molecular formula is C18H20ClFN2O3S. The molecule has 5 nitrogen and oxygen atoms in total. The van der Waals surface area contributed by atoms with Crippen LogP contribution in [0.15, 0.2) is 53.4 Å². The Hall–Kier alpha value is -1.96. The summed E-state index contributed by atoms with van der Waals surface area (Å²) in [6.07, 6.45) is 0.229. The number of carbonyl (C=O) groups is 1. The van der Waals surface area contributed by atoms with Gasteiger partial charge in [-0.25, -0.2) is 17.5 Å². The molecule has 1 atom stereocenters. The standard InChI is InChI=1S/C18H20ClFN2O3S/c1-13(14-5-7-16(20)8-6-14)11-18(23)21-9-10-22-26(24,25)17-4-2-3-15(19)12-17/h2-8,12-13,22H,9-11H2,1H3,(H,21,23). The molecule has 0 spiro atoms. The van der Waals surface area contributed by atoms with E-state index in [1.54, 1.807) is 24.3 Å². The minimum absolute atomic E-state index is 0.0610. The molecule has 0 bridgehead atoms. The van der Waals surface area contributed by atoms with Crippen molar-refractivity contribution in [2.24, 2.45) is 0 Å². The molecular weight excluding hydrogens is 379 g/mol. The summed E-state index contributed by atoms with van der Waals surface area (Å²) >= 11 is 5.79. The Morgan fingerprint density at radius 3 is 2.50 bits per heavy atom. The van der Waals surface area contributed by atoms with E-state index in [0.29, 0.717) is 5.02 Å². The topological polar surface area (TPSA) is 75.3 Å². The molecule has 2 rings (SSSR count). The van der Waals surface area contributed by atoms with Gasteiger partial charge in [-0.15, -0.1) is 0 Å². The monoisotopic (exact) mass is 398 g/mol. The third-order valence-corrected chi connectivity index (χ3v) is 5.47. The van der Waals surface area contributed by atoms with Gasteiger partial charge in [-0.1, -0.05) is 36.7 Å². The van der Waals surface area contributed by atoms with Gasteiger partial charge in [0.15, 0.2) is 0 Å². The Balaban J connectivity index is 1.77. The van der Waals surface area contributed by atoms with E-state index in [9.17, 15) is 17.6 Å². The highest BCUT2D eigenvalue weighted by Gasteiger charge is 2.14. The molecule has 1 amide bonds. The van der Waals surface area contributed by atoms with Crippen molar-refractivity contribution in [1.82, 2.24) is 10.0 Å². The molecule has 0 fully saturated rings. The number of hydrogen-bond acceptors (Lipinski definition) is 3. The molecule has 0 aliphatic heterocycles. The largest absolute Gasteiger partial charge is 0.355 e. The average molecular weight is 399 g/mol. The minimum Gasteiger partial charge on any atom is -0.355 e. The predicted octanol–water partition coefficient (Wildman–Crippen LogP) is 3.07. The van der Waals surface area contributed by atoms with Gasteiger partial charge in [-0.3, -0.25) is 4.79 Å². The van der Waals surface area contributed by atoms with Crippen molar-refractivity contribution in [2.45, 2.75) is 24.2 Å². The van der Waals surface area contributed by atoms with E-state index in [4.69, 9.17) is 11.6 Å². The second-order valence-electron chi connectivity index (χ2n) is 5.86. The van der Waals surface area contributed by atoms with Crippen molar-refractivity contribution >= 4 is 27.5 Å². The summed E-state index contributed by atoms with van der Waals surface area (Å²) in [7, 11) is -3.67. The zero-order valence-corrected chi connectivity index (χ0v) is 15.8. The lowest BCUT2D eigenvalue weighted by Crippen LogP contribution is -2.35. The maximum atomic E-state index is 12.9. The third-order valence-electron chi connectivity index (χ3n) is 3.78. The molecule has 0 aliphatic rings. The maximum absolute atomic E-state index is 12.9. The SMILES string of the molecule is CC(CC(=O)NCCNS(=O)(=O)c1cccc(Cl)c1)c1ccc(F)cc1. The number of sulfonamides is 1. The fraction of sp³-hybridized carbons (Fsp3) is 0.278. The van der Waals surface area contributed by atoms with Crippen LogP contribution in [0.2, 0.25) is 5.02 Å². The zero-order valence-electron chi connectivity index (χ0n) is 14.2. The molecule has 0 heterocycles. The quantitative estimate of drug-likeness (QED) is 0.671. The van der Waals surface area contributed by atoms with Gasteiger partial charge in [-0.05, 0) is 41.8 Å². The van der Waals surface area contributed by atoms with Crippen LogP contribution in [-0.2, 0) is 14.8 Å². The summed E-state index contributed by atoms with van der Waals surface area (Å²) in [4.78, 5) is 12.0. The van der Waals surface area contributed by atoms with Crippen LogP contribution in [0.1, 0.15) is 24.8 Å². The highest BCUT2D eigenvalue weighted by atomic mass is 35.5. The Morgan fingerprint density at radius 2 is 1.85 bits per heavy atom. The van der Waals surface area contributed by atoms with Gasteiger partial charge in [-0.2, -0.15) is 0 Å². The summed E-state index contributed by atoms with van der Waals surface area (Å²) in [5, 5.41) is 2.99. The van der Waals surface area contributed by atoms with E-state index >= 15 is 0 Å². The van der Waals surface area contributed by atoms with Crippen molar-refractivity contribution < 1.29 is 17.6 Å². The molecule has 0 radical (unpaired) electrons. The van der Waals surface area contributed by atoms with Crippen LogP contribution in [0, 0.1) is 5.82 Å². The lowest BCUT2D eigenvalue weighted by molar-refractivity contribution is -0.121. The van der Waals surface area contributed by atoms with E-state index < -0.39 is 10.0 Å². The van der Waals surface area contributed by atoms with Gasteiger partial charge in [0.1, 0.15) is 5.82 Å². The second-order valence-corrected chi connectivity index (χ2v) is 8.07. The summed E-state index contributed by atoms with van der Waals surface area (Å²) < 4.78 is 39.5. The van der Waals surface area contributed by atoms with E-state index in [1.807, 2.05) is 6.92 Å². The lowest BCUT2D eigenvalue weighted by Gasteiger charge is -2.12.